The Morgan fingerprint density at radius 2 is 2.11 bits per heavy atom. The van der Waals surface area contributed by atoms with Gasteiger partial charge in [-0.2, -0.15) is 0 Å². The average Bonchev–Trinajstić information content (AvgIpc) is 2.98. The third-order valence-corrected chi connectivity index (χ3v) is 2.50. The molecule has 3 aromatic rings. The van der Waals surface area contributed by atoms with Crippen LogP contribution >= 0.6 is 0 Å². The van der Waals surface area contributed by atoms with Crippen LogP contribution in [0.3, 0.4) is 0 Å². The number of hydrogen-bond donors (Lipinski definition) is 0. The van der Waals surface area contributed by atoms with Gasteiger partial charge in [0.05, 0.1) is 19.5 Å². The number of rotatable bonds is 3. The van der Waals surface area contributed by atoms with Crippen molar-refractivity contribution >= 4 is 0 Å². The molecule has 0 aromatic carbocycles. The zero-order chi connectivity index (χ0) is 13.1. The summed E-state index contributed by atoms with van der Waals surface area (Å²) in [7, 11) is 1.58. The molecule has 0 aliphatic heterocycles. The van der Waals surface area contributed by atoms with Gasteiger partial charge in [0.15, 0.2) is 0 Å². The van der Waals surface area contributed by atoms with Crippen LogP contribution in [0.2, 0.25) is 0 Å². The minimum Gasteiger partial charge on any atom is -0.495 e. The van der Waals surface area contributed by atoms with Crippen LogP contribution in [-0.4, -0.2) is 37.3 Å². The van der Waals surface area contributed by atoms with Gasteiger partial charge >= 0.3 is 0 Å². The molecule has 3 aromatic heterocycles. The zero-order valence-corrected chi connectivity index (χ0v) is 10.1. The summed E-state index contributed by atoms with van der Waals surface area (Å²) >= 11 is 0. The Hall–Kier alpha value is -2.83. The van der Waals surface area contributed by atoms with Crippen LogP contribution in [-0.2, 0) is 0 Å². The summed E-state index contributed by atoms with van der Waals surface area (Å²) in [6.45, 7) is 0. The molecule has 0 bridgehead atoms. The van der Waals surface area contributed by atoms with E-state index in [1.807, 2.05) is 12.1 Å². The van der Waals surface area contributed by atoms with Gasteiger partial charge in [-0.05, 0) is 17.3 Å². The van der Waals surface area contributed by atoms with Crippen LogP contribution < -0.4 is 4.74 Å². The second-order valence-electron chi connectivity index (χ2n) is 3.73. The van der Waals surface area contributed by atoms with Crippen LogP contribution in [0.15, 0.2) is 43.0 Å². The molecule has 0 aliphatic rings. The molecule has 0 saturated heterocycles. The molecule has 7 nitrogen and oxygen atoms in total. The maximum atomic E-state index is 5.11. The lowest BCUT2D eigenvalue weighted by Gasteiger charge is -2.01. The van der Waals surface area contributed by atoms with Crippen LogP contribution in [0.5, 0.6) is 5.75 Å². The van der Waals surface area contributed by atoms with Crippen molar-refractivity contribution in [3.05, 3.63) is 43.0 Å². The normalized spacial score (nSPS) is 10.4. The smallest absolute Gasteiger partial charge is 0.206 e. The molecule has 19 heavy (non-hydrogen) atoms. The first-order valence-electron chi connectivity index (χ1n) is 5.56. The van der Waals surface area contributed by atoms with Gasteiger partial charge in [-0.3, -0.25) is 9.97 Å². The highest BCUT2D eigenvalue weighted by Crippen LogP contribution is 2.15. The van der Waals surface area contributed by atoms with Crippen LogP contribution in [0, 0.1) is 0 Å². The monoisotopic (exact) mass is 254 g/mol. The Kier molecular flexibility index (Phi) is 2.85. The van der Waals surface area contributed by atoms with Gasteiger partial charge < -0.3 is 4.74 Å². The predicted molar refractivity (Wildman–Crippen MR) is 66.7 cm³/mol. The van der Waals surface area contributed by atoms with Crippen molar-refractivity contribution in [2.75, 3.05) is 7.11 Å². The predicted octanol–water partition coefficient (Wildman–Crippen LogP) is 1.13. The first-order chi connectivity index (χ1) is 9.36. The molecule has 3 heterocycles. The molecule has 0 radical (unpaired) electrons. The van der Waals surface area contributed by atoms with Gasteiger partial charge in [0.1, 0.15) is 11.4 Å². The number of methoxy groups -OCH3 is 1. The van der Waals surface area contributed by atoms with Crippen molar-refractivity contribution in [3.63, 3.8) is 0 Å². The highest BCUT2D eigenvalue weighted by molar-refractivity contribution is 5.51. The lowest BCUT2D eigenvalue weighted by Crippen LogP contribution is -2.00. The van der Waals surface area contributed by atoms with Crippen molar-refractivity contribution < 1.29 is 4.74 Å². The Morgan fingerprint density at radius 3 is 2.89 bits per heavy atom. The van der Waals surface area contributed by atoms with Gasteiger partial charge in [0, 0.05) is 24.0 Å². The molecule has 0 N–H and O–H groups in total. The van der Waals surface area contributed by atoms with Crippen molar-refractivity contribution in [1.29, 1.82) is 0 Å². The third-order valence-electron chi connectivity index (χ3n) is 2.50. The van der Waals surface area contributed by atoms with Gasteiger partial charge in [0.25, 0.3) is 0 Å². The fourth-order valence-corrected chi connectivity index (χ4v) is 1.56. The fourth-order valence-electron chi connectivity index (χ4n) is 1.56. The van der Waals surface area contributed by atoms with Crippen LogP contribution in [0.1, 0.15) is 0 Å². The fraction of sp³-hybridized carbons (Fsp3) is 0.0833. The quantitative estimate of drug-likeness (QED) is 0.697. The van der Waals surface area contributed by atoms with Crippen LogP contribution in [0.25, 0.3) is 17.1 Å². The second kappa shape index (κ2) is 4.81. The summed E-state index contributed by atoms with van der Waals surface area (Å²) in [5.74, 6) is 1.15. The number of nitrogens with zero attached hydrogens (tertiary/aromatic N) is 6. The van der Waals surface area contributed by atoms with Crippen molar-refractivity contribution in [3.8, 4) is 22.8 Å². The summed E-state index contributed by atoms with van der Waals surface area (Å²) in [5.41, 5.74) is 1.49. The lowest BCUT2D eigenvalue weighted by molar-refractivity contribution is 0.412. The highest BCUT2D eigenvalue weighted by Gasteiger charge is 2.08. The average molecular weight is 254 g/mol. The summed E-state index contributed by atoms with van der Waals surface area (Å²) in [4.78, 5) is 9.47. The topological polar surface area (TPSA) is 78.6 Å². The zero-order valence-electron chi connectivity index (χ0n) is 10.1. The summed E-state index contributed by atoms with van der Waals surface area (Å²) in [5, 5.41) is 12.3. The van der Waals surface area contributed by atoms with E-state index in [1.165, 1.54) is 4.80 Å². The number of pyridine rings is 2. The van der Waals surface area contributed by atoms with Gasteiger partial charge in [0.2, 0.25) is 5.82 Å². The maximum absolute atomic E-state index is 5.11. The van der Waals surface area contributed by atoms with E-state index < -0.39 is 0 Å². The molecule has 7 heteroatoms. The molecule has 0 unspecified atom stereocenters. The SMILES string of the molecule is COc1cncc(-n2nnc(-c3cccnc3)n2)c1. The Morgan fingerprint density at radius 1 is 1.16 bits per heavy atom. The molecule has 0 atom stereocenters. The van der Waals surface area contributed by atoms with Crippen molar-refractivity contribution in [1.82, 2.24) is 30.2 Å². The van der Waals surface area contributed by atoms with E-state index in [2.05, 4.69) is 25.4 Å². The first kappa shape index (κ1) is 11.3. The molecule has 94 valence electrons. The molecule has 3 rings (SSSR count). The minimum absolute atomic E-state index is 0.510. The molecule has 0 fully saturated rings. The van der Waals surface area contributed by atoms with E-state index >= 15 is 0 Å². The van der Waals surface area contributed by atoms with E-state index in [4.69, 9.17) is 4.74 Å². The molecule has 0 aliphatic carbocycles. The second-order valence-corrected chi connectivity index (χ2v) is 3.73. The molecule has 0 amide bonds. The molecular formula is C12H10N6O. The van der Waals surface area contributed by atoms with E-state index in [-0.39, 0.29) is 0 Å². The highest BCUT2D eigenvalue weighted by atomic mass is 16.5. The largest absolute Gasteiger partial charge is 0.495 e. The Balaban J connectivity index is 1.97. The summed E-state index contributed by atoms with van der Waals surface area (Å²) in [6.07, 6.45) is 6.63. The standard InChI is InChI=1S/C12H10N6O/c1-19-11-5-10(7-14-8-11)18-16-12(15-17-18)9-3-2-4-13-6-9/h2-8H,1H3. The number of ether oxygens (including phenoxy) is 1. The van der Waals surface area contributed by atoms with Crippen molar-refractivity contribution in [2.45, 2.75) is 0 Å². The number of tetrazole rings is 1. The van der Waals surface area contributed by atoms with Crippen LogP contribution in [0.4, 0.5) is 0 Å². The van der Waals surface area contributed by atoms with E-state index in [0.29, 0.717) is 17.3 Å². The first-order valence-corrected chi connectivity index (χ1v) is 5.56. The summed E-state index contributed by atoms with van der Waals surface area (Å²) < 4.78 is 5.11. The Bertz CT molecular complexity index is 681. The third kappa shape index (κ3) is 2.25. The maximum Gasteiger partial charge on any atom is 0.206 e. The Labute approximate surface area is 108 Å². The van der Waals surface area contributed by atoms with Gasteiger partial charge in [-0.1, -0.05) is 0 Å². The molecule has 0 spiro atoms. The van der Waals surface area contributed by atoms with E-state index in [0.717, 1.165) is 5.56 Å². The lowest BCUT2D eigenvalue weighted by atomic mass is 10.3. The number of hydrogen-bond acceptors (Lipinski definition) is 6. The van der Waals surface area contributed by atoms with E-state index in [9.17, 15) is 0 Å². The molecular weight excluding hydrogens is 244 g/mol. The summed E-state index contributed by atoms with van der Waals surface area (Å²) in [6, 6.07) is 5.48. The van der Waals surface area contributed by atoms with Gasteiger partial charge in [-0.15, -0.1) is 15.0 Å². The molecule has 0 saturated carbocycles. The minimum atomic E-state index is 0.510. The number of aromatic nitrogens is 6. The van der Waals surface area contributed by atoms with Gasteiger partial charge in [-0.25, -0.2) is 0 Å². The van der Waals surface area contributed by atoms with Crippen molar-refractivity contribution in [2.24, 2.45) is 0 Å². The van der Waals surface area contributed by atoms with E-state index in [1.54, 1.807) is 38.0 Å².